The van der Waals surface area contributed by atoms with Gasteiger partial charge in [-0.2, -0.15) is 0 Å². The van der Waals surface area contributed by atoms with Gasteiger partial charge in [0, 0.05) is 11.1 Å². The lowest BCUT2D eigenvalue weighted by Gasteiger charge is -2.05. The van der Waals surface area contributed by atoms with Crippen molar-refractivity contribution in [1.82, 2.24) is 0 Å². The topological polar surface area (TPSA) is 17.1 Å². The van der Waals surface area contributed by atoms with Crippen molar-refractivity contribution in [3.05, 3.63) is 95.6 Å². The summed E-state index contributed by atoms with van der Waals surface area (Å²) in [7, 11) is 0. The van der Waals surface area contributed by atoms with E-state index >= 15 is 0 Å². The minimum Gasteiger partial charge on any atom is -0.289 e. The number of unbranched alkanes of at least 4 members (excludes halogenated alkanes) is 1. The Hall–Kier alpha value is -2.67. The molecule has 162 valence electrons. The van der Waals surface area contributed by atoms with Crippen LogP contribution in [0.1, 0.15) is 78.1 Å². The number of allylic oxidation sites excluding steroid dienone is 6. The predicted molar refractivity (Wildman–Crippen MR) is 135 cm³/mol. The molecule has 0 saturated heterocycles. The summed E-state index contributed by atoms with van der Waals surface area (Å²) >= 11 is 0. The molecule has 30 heavy (non-hydrogen) atoms. The van der Waals surface area contributed by atoms with E-state index in [-0.39, 0.29) is 5.78 Å². The van der Waals surface area contributed by atoms with Crippen molar-refractivity contribution >= 4 is 5.78 Å². The van der Waals surface area contributed by atoms with Crippen molar-refractivity contribution in [1.29, 1.82) is 0 Å². The van der Waals surface area contributed by atoms with Crippen LogP contribution in [0.2, 0.25) is 0 Å². The fourth-order valence-corrected chi connectivity index (χ4v) is 2.39. The summed E-state index contributed by atoms with van der Waals surface area (Å²) in [5.74, 6) is 0.0663. The molecule has 2 aromatic rings. The summed E-state index contributed by atoms with van der Waals surface area (Å²) in [4.78, 5) is 12.7. The van der Waals surface area contributed by atoms with E-state index in [2.05, 4.69) is 26.0 Å². The van der Waals surface area contributed by atoms with E-state index in [0.29, 0.717) is 0 Å². The molecule has 2 rings (SSSR count). The number of hydrogen-bond acceptors (Lipinski definition) is 1. The fraction of sp³-hybridized carbons (Fsp3) is 0.345. The third-order valence-electron chi connectivity index (χ3n) is 4.42. The molecule has 0 unspecified atom stereocenters. The summed E-state index contributed by atoms with van der Waals surface area (Å²) < 4.78 is 0. The van der Waals surface area contributed by atoms with Crippen molar-refractivity contribution < 1.29 is 4.79 Å². The molecule has 0 heterocycles. The smallest absolute Gasteiger partial charge is 0.192 e. The van der Waals surface area contributed by atoms with Crippen LogP contribution in [0, 0.1) is 0 Å². The lowest BCUT2D eigenvalue weighted by atomic mass is 9.98. The SMILES string of the molecule is CC.CCCC.C\C=C(C)/C=C\C(=C/CC)C(=O)c1ccc(-c2ccccc2)cc1. The van der Waals surface area contributed by atoms with Crippen molar-refractivity contribution in [3.63, 3.8) is 0 Å². The minimum atomic E-state index is 0.0663. The first-order valence-corrected chi connectivity index (χ1v) is 11.3. The van der Waals surface area contributed by atoms with Gasteiger partial charge < -0.3 is 0 Å². The Morgan fingerprint density at radius 2 is 1.33 bits per heavy atom. The van der Waals surface area contributed by atoms with E-state index < -0.39 is 0 Å². The van der Waals surface area contributed by atoms with Gasteiger partial charge in [-0.1, -0.05) is 132 Å². The second-order valence-electron chi connectivity index (χ2n) is 6.71. The van der Waals surface area contributed by atoms with Gasteiger partial charge in [0.25, 0.3) is 0 Å². The van der Waals surface area contributed by atoms with E-state index in [4.69, 9.17) is 0 Å². The maximum atomic E-state index is 12.7. The third kappa shape index (κ3) is 10.2. The van der Waals surface area contributed by atoms with E-state index in [0.717, 1.165) is 34.3 Å². The first-order valence-electron chi connectivity index (χ1n) is 11.3. The van der Waals surface area contributed by atoms with Gasteiger partial charge in [0.2, 0.25) is 0 Å². The number of hydrogen-bond donors (Lipinski definition) is 0. The Labute approximate surface area is 185 Å². The first kappa shape index (κ1) is 27.3. The molecule has 0 radical (unpaired) electrons. The Kier molecular flexibility index (Phi) is 15.7. The Morgan fingerprint density at radius 1 is 0.800 bits per heavy atom. The highest BCUT2D eigenvalue weighted by atomic mass is 16.1. The zero-order valence-corrected chi connectivity index (χ0v) is 20.0. The highest BCUT2D eigenvalue weighted by Gasteiger charge is 2.09. The Morgan fingerprint density at radius 3 is 1.80 bits per heavy atom. The molecule has 1 heteroatoms. The quantitative estimate of drug-likeness (QED) is 0.255. The van der Waals surface area contributed by atoms with Crippen molar-refractivity contribution in [2.45, 2.75) is 67.7 Å². The second-order valence-corrected chi connectivity index (χ2v) is 6.71. The second kappa shape index (κ2) is 17.2. The molecule has 0 aliphatic carbocycles. The average molecular weight is 405 g/mol. The highest BCUT2D eigenvalue weighted by molar-refractivity contribution is 6.10. The minimum absolute atomic E-state index is 0.0663. The van der Waals surface area contributed by atoms with Crippen LogP contribution in [0.25, 0.3) is 11.1 Å². The Bertz CT molecular complexity index is 788. The van der Waals surface area contributed by atoms with E-state index in [1.807, 2.05) is 101 Å². The monoisotopic (exact) mass is 404 g/mol. The average Bonchev–Trinajstić information content (AvgIpc) is 2.83. The van der Waals surface area contributed by atoms with Gasteiger partial charge in [-0.3, -0.25) is 4.79 Å². The first-order chi connectivity index (χ1) is 14.6. The van der Waals surface area contributed by atoms with Gasteiger partial charge in [0.15, 0.2) is 5.78 Å². The third-order valence-corrected chi connectivity index (χ3v) is 4.42. The normalized spacial score (nSPS) is 11.3. The van der Waals surface area contributed by atoms with E-state index in [1.165, 1.54) is 12.8 Å². The molecule has 0 aliphatic rings. The molecule has 2 aromatic carbocycles. The van der Waals surface area contributed by atoms with Crippen LogP contribution >= 0.6 is 0 Å². The number of carbonyl (C=O) groups excluding carboxylic acids is 1. The molecule has 0 atom stereocenters. The lowest BCUT2D eigenvalue weighted by molar-refractivity contribution is 0.103. The van der Waals surface area contributed by atoms with Crippen LogP contribution < -0.4 is 0 Å². The molecule has 0 aliphatic heterocycles. The summed E-state index contributed by atoms with van der Waals surface area (Å²) in [6.45, 7) is 14.4. The predicted octanol–water partition coefficient (Wildman–Crippen LogP) is 9.23. The molecule has 0 spiro atoms. The van der Waals surface area contributed by atoms with Crippen molar-refractivity contribution in [3.8, 4) is 11.1 Å². The van der Waals surface area contributed by atoms with Gasteiger partial charge in [0.1, 0.15) is 0 Å². The molecule has 0 aromatic heterocycles. The molecular formula is C29H40O. The van der Waals surface area contributed by atoms with Gasteiger partial charge in [-0.05, 0) is 31.4 Å². The fourth-order valence-electron chi connectivity index (χ4n) is 2.39. The summed E-state index contributed by atoms with van der Waals surface area (Å²) in [6, 6.07) is 18.0. The van der Waals surface area contributed by atoms with Crippen LogP contribution in [0.4, 0.5) is 0 Å². The molecule has 0 N–H and O–H groups in total. The van der Waals surface area contributed by atoms with Crippen LogP contribution in [0.3, 0.4) is 0 Å². The van der Waals surface area contributed by atoms with Gasteiger partial charge in [-0.25, -0.2) is 0 Å². The Balaban J connectivity index is 0.00000125. The van der Waals surface area contributed by atoms with E-state index in [9.17, 15) is 4.79 Å². The van der Waals surface area contributed by atoms with Gasteiger partial charge >= 0.3 is 0 Å². The summed E-state index contributed by atoms with van der Waals surface area (Å²) in [5, 5.41) is 0. The molecule has 0 fully saturated rings. The molecule has 0 saturated carbocycles. The summed E-state index contributed by atoms with van der Waals surface area (Å²) in [5.41, 5.74) is 4.88. The largest absolute Gasteiger partial charge is 0.289 e. The van der Waals surface area contributed by atoms with Crippen LogP contribution in [0.5, 0.6) is 0 Å². The van der Waals surface area contributed by atoms with Crippen molar-refractivity contribution in [2.24, 2.45) is 0 Å². The van der Waals surface area contributed by atoms with Crippen LogP contribution in [0.15, 0.2) is 90.0 Å². The summed E-state index contributed by atoms with van der Waals surface area (Å²) in [6.07, 6.45) is 11.4. The van der Waals surface area contributed by atoms with Crippen molar-refractivity contribution in [2.75, 3.05) is 0 Å². The molecule has 1 nitrogen and oxygen atoms in total. The van der Waals surface area contributed by atoms with E-state index in [1.54, 1.807) is 0 Å². The maximum Gasteiger partial charge on any atom is 0.192 e. The van der Waals surface area contributed by atoms with Crippen LogP contribution in [-0.2, 0) is 0 Å². The number of rotatable bonds is 7. The van der Waals surface area contributed by atoms with Gasteiger partial charge in [-0.15, -0.1) is 0 Å². The molecule has 0 amide bonds. The lowest BCUT2D eigenvalue weighted by Crippen LogP contribution is -2.01. The number of carbonyl (C=O) groups is 1. The number of ketones is 1. The highest BCUT2D eigenvalue weighted by Crippen LogP contribution is 2.21. The number of Topliss-reactive ketones (excluding diaryl/α,β-unsaturated/α-hetero) is 1. The standard InChI is InChI=1S/C23H24O.C4H10.C2H6/c1-4-9-21(13-12-18(3)5-2)23(24)22-16-14-20(15-17-22)19-10-7-6-8-11-19;1-3-4-2;1-2/h5-17H,4H2,1-3H3;3-4H2,1-2H3;1-2H3/b13-12-,18-5-,21-9+;;. The maximum absolute atomic E-state index is 12.7. The van der Waals surface area contributed by atoms with Gasteiger partial charge in [0.05, 0.1) is 0 Å². The molecule has 0 bridgehead atoms. The van der Waals surface area contributed by atoms with Crippen LogP contribution in [-0.4, -0.2) is 5.78 Å². The number of benzene rings is 2. The zero-order chi connectivity index (χ0) is 22.8. The molecular weight excluding hydrogens is 364 g/mol. The zero-order valence-electron chi connectivity index (χ0n) is 20.0.